The Balaban J connectivity index is 2.56. The number of aromatic nitrogens is 2. The predicted molar refractivity (Wildman–Crippen MR) is 60.6 cm³/mol. The van der Waals surface area contributed by atoms with Crippen LogP contribution in [-0.4, -0.2) is 22.2 Å². The van der Waals surface area contributed by atoms with E-state index in [0.29, 0.717) is 28.4 Å². The zero-order valence-electron chi connectivity index (χ0n) is 8.61. The van der Waals surface area contributed by atoms with Gasteiger partial charge in [-0.2, -0.15) is 5.10 Å². The minimum atomic E-state index is -0.417. The van der Waals surface area contributed by atoms with Gasteiger partial charge >= 0.3 is 5.97 Å². The van der Waals surface area contributed by atoms with Crippen LogP contribution in [0.5, 0.6) is 0 Å². The number of rotatable bonds is 2. The molecule has 0 saturated heterocycles. The maximum absolute atomic E-state index is 11.6. The summed E-state index contributed by atoms with van der Waals surface area (Å²) in [6, 6.07) is 1.60. The van der Waals surface area contributed by atoms with E-state index in [4.69, 9.17) is 22.1 Å². The first-order valence-electron chi connectivity index (χ1n) is 4.73. The minimum absolute atomic E-state index is 0.319. The van der Waals surface area contributed by atoms with Gasteiger partial charge in [-0.1, -0.05) is 11.6 Å². The first kappa shape index (κ1) is 10.8. The van der Waals surface area contributed by atoms with Crippen LogP contribution in [-0.2, 0) is 4.74 Å². The number of hydrogen-bond donors (Lipinski definition) is 1. The molecule has 0 fully saturated rings. The maximum Gasteiger partial charge on any atom is 0.341 e. The van der Waals surface area contributed by atoms with Crippen LogP contribution >= 0.6 is 11.6 Å². The lowest BCUT2D eigenvalue weighted by Crippen LogP contribution is -2.04. The van der Waals surface area contributed by atoms with Gasteiger partial charge in [-0.25, -0.2) is 9.31 Å². The van der Waals surface area contributed by atoms with Crippen LogP contribution in [0.4, 0.5) is 5.69 Å². The second kappa shape index (κ2) is 4.02. The lowest BCUT2D eigenvalue weighted by Gasteiger charge is -2.02. The molecule has 0 radical (unpaired) electrons. The summed E-state index contributed by atoms with van der Waals surface area (Å²) in [6.45, 7) is 2.06. The van der Waals surface area contributed by atoms with E-state index in [1.165, 1.54) is 10.7 Å². The highest BCUT2D eigenvalue weighted by Gasteiger charge is 2.14. The van der Waals surface area contributed by atoms with Crippen LogP contribution in [0.2, 0.25) is 5.02 Å². The average molecular weight is 240 g/mol. The molecule has 2 aromatic rings. The largest absolute Gasteiger partial charge is 0.462 e. The topological polar surface area (TPSA) is 69.6 Å². The molecule has 0 aromatic carbocycles. The number of hydrogen-bond acceptors (Lipinski definition) is 4. The zero-order valence-corrected chi connectivity index (χ0v) is 9.36. The molecule has 0 aliphatic rings. The molecule has 5 nitrogen and oxygen atoms in total. The van der Waals surface area contributed by atoms with E-state index in [2.05, 4.69) is 5.10 Å². The van der Waals surface area contributed by atoms with Crippen molar-refractivity contribution in [1.82, 2.24) is 9.61 Å². The monoisotopic (exact) mass is 239 g/mol. The van der Waals surface area contributed by atoms with Crippen molar-refractivity contribution in [1.29, 1.82) is 0 Å². The van der Waals surface area contributed by atoms with Crippen molar-refractivity contribution in [3.8, 4) is 0 Å². The molecule has 0 atom stereocenters. The summed E-state index contributed by atoms with van der Waals surface area (Å²) >= 11 is 5.84. The molecule has 0 aliphatic heterocycles. The highest BCUT2D eigenvalue weighted by atomic mass is 35.5. The van der Waals surface area contributed by atoms with Gasteiger partial charge in [-0.15, -0.1) is 0 Å². The van der Waals surface area contributed by atoms with Crippen molar-refractivity contribution in [2.75, 3.05) is 12.3 Å². The van der Waals surface area contributed by atoms with Gasteiger partial charge in [0.25, 0.3) is 0 Å². The van der Waals surface area contributed by atoms with Crippen LogP contribution in [0, 0.1) is 0 Å². The van der Waals surface area contributed by atoms with Crippen molar-refractivity contribution in [2.24, 2.45) is 0 Å². The van der Waals surface area contributed by atoms with Gasteiger partial charge in [-0.3, -0.25) is 0 Å². The normalized spacial score (nSPS) is 10.6. The molecule has 0 bridgehead atoms. The molecule has 2 N–H and O–H groups in total. The van der Waals surface area contributed by atoms with E-state index in [9.17, 15) is 4.79 Å². The zero-order chi connectivity index (χ0) is 11.7. The molecular formula is C10H10ClN3O2. The average Bonchev–Trinajstić information content (AvgIpc) is 2.62. The Labute approximate surface area is 96.8 Å². The Bertz CT molecular complexity index is 550. The van der Waals surface area contributed by atoms with Crippen molar-refractivity contribution in [3.05, 3.63) is 29.0 Å². The third-order valence-corrected chi connectivity index (χ3v) is 2.45. The fourth-order valence-corrected chi connectivity index (χ4v) is 1.53. The van der Waals surface area contributed by atoms with E-state index >= 15 is 0 Å². The van der Waals surface area contributed by atoms with Gasteiger partial charge in [0.1, 0.15) is 5.56 Å². The van der Waals surface area contributed by atoms with Crippen LogP contribution in [0.25, 0.3) is 5.52 Å². The maximum atomic E-state index is 11.6. The SMILES string of the molecule is CCOC(=O)c1cnn2cc(Cl)c(N)cc12. The molecule has 6 heteroatoms. The quantitative estimate of drug-likeness (QED) is 0.811. The number of carbonyl (C=O) groups is 1. The van der Waals surface area contributed by atoms with E-state index in [1.807, 2.05) is 0 Å². The van der Waals surface area contributed by atoms with Crippen molar-refractivity contribution < 1.29 is 9.53 Å². The molecule has 2 heterocycles. The second-order valence-electron chi connectivity index (χ2n) is 3.19. The van der Waals surface area contributed by atoms with Crippen LogP contribution in [0.1, 0.15) is 17.3 Å². The number of nitrogens with two attached hydrogens (primary N) is 1. The van der Waals surface area contributed by atoms with Gasteiger partial charge < -0.3 is 10.5 Å². The lowest BCUT2D eigenvalue weighted by atomic mass is 10.2. The number of nitrogen functional groups attached to an aromatic ring is 1. The van der Waals surface area contributed by atoms with Crippen molar-refractivity contribution in [3.63, 3.8) is 0 Å². The van der Waals surface area contributed by atoms with Gasteiger partial charge in [0.15, 0.2) is 0 Å². The third-order valence-electron chi connectivity index (χ3n) is 2.13. The van der Waals surface area contributed by atoms with E-state index in [1.54, 1.807) is 19.2 Å². The second-order valence-corrected chi connectivity index (χ2v) is 3.59. The number of fused-ring (bicyclic) bond motifs is 1. The molecule has 2 rings (SSSR count). The van der Waals surface area contributed by atoms with E-state index in [0.717, 1.165) is 0 Å². The van der Waals surface area contributed by atoms with Gasteiger partial charge in [0.05, 0.1) is 29.0 Å². The van der Waals surface area contributed by atoms with E-state index < -0.39 is 5.97 Å². The molecule has 0 unspecified atom stereocenters. The number of nitrogens with zero attached hydrogens (tertiary/aromatic N) is 2. The molecule has 0 saturated carbocycles. The molecule has 0 aliphatic carbocycles. The van der Waals surface area contributed by atoms with Gasteiger partial charge in [0.2, 0.25) is 0 Å². The van der Waals surface area contributed by atoms with Crippen LogP contribution < -0.4 is 5.73 Å². The summed E-state index contributed by atoms with van der Waals surface area (Å²) < 4.78 is 6.39. The molecule has 84 valence electrons. The first-order chi connectivity index (χ1) is 7.63. The first-order valence-corrected chi connectivity index (χ1v) is 5.10. The number of pyridine rings is 1. The molecule has 2 aromatic heterocycles. The summed E-state index contributed by atoms with van der Waals surface area (Å²) in [5, 5.41) is 4.39. The Morgan fingerprint density at radius 3 is 3.12 bits per heavy atom. The summed E-state index contributed by atoms with van der Waals surface area (Å²) in [5.41, 5.74) is 7.03. The summed E-state index contributed by atoms with van der Waals surface area (Å²) in [4.78, 5) is 11.6. The highest BCUT2D eigenvalue weighted by molar-refractivity contribution is 6.33. The third kappa shape index (κ3) is 1.69. The molecule has 0 spiro atoms. The van der Waals surface area contributed by atoms with E-state index in [-0.39, 0.29) is 0 Å². The summed E-state index contributed by atoms with van der Waals surface area (Å²) in [5.74, 6) is -0.417. The highest BCUT2D eigenvalue weighted by Crippen LogP contribution is 2.22. The number of ether oxygens (including phenoxy) is 1. The Hall–Kier alpha value is -1.75. The number of esters is 1. The summed E-state index contributed by atoms with van der Waals surface area (Å²) in [7, 11) is 0. The van der Waals surface area contributed by atoms with Crippen molar-refractivity contribution in [2.45, 2.75) is 6.92 Å². The number of carbonyl (C=O) groups excluding carboxylic acids is 1. The van der Waals surface area contributed by atoms with Crippen LogP contribution in [0.15, 0.2) is 18.5 Å². The minimum Gasteiger partial charge on any atom is -0.462 e. The Morgan fingerprint density at radius 2 is 2.44 bits per heavy atom. The fourth-order valence-electron chi connectivity index (χ4n) is 1.38. The van der Waals surface area contributed by atoms with Crippen molar-refractivity contribution >= 4 is 28.8 Å². The Kier molecular flexibility index (Phi) is 2.70. The molecular weight excluding hydrogens is 230 g/mol. The lowest BCUT2D eigenvalue weighted by molar-refractivity contribution is 0.0528. The number of halogens is 1. The molecule has 0 amide bonds. The summed E-state index contributed by atoms with van der Waals surface area (Å²) in [6.07, 6.45) is 2.98. The Morgan fingerprint density at radius 1 is 1.69 bits per heavy atom. The standard InChI is InChI=1S/C10H10ClN3O2/c1-2-16-10(15)6-4-13-14-5-7(11)8(12)3-9(6)14/h3-5H,2,12H2,1H3. The molecule has 16 heavy (non-hydrogen) atoms. The smallest absolute Gasteiger partial charge is 0.341 e. The van der Waals surface area contributed by atoms with Crippen LogP contribution in [0.3, 0.4) is 0 Å². The van der Waals surface area contributed by atoms with Gasteiger partial charge in [-0.05, 0) is 13.0 Å². The fraction of sp³-hybridized carbons (Fsp3) is 0.200. The predicted octanol–water partition coefficient (Wildman–Crippen LogP) is 1.75. The van der Waals surface area contributed by atoms with Gasteiger partial charge in [0, 0.05) is 6.20 Å². The number of anilines is 1.